The first-order valence-corrected chi connectivity index (χ1v) is 8.40. The number of hydrogen-bond donors (Lipinski definition) is 1. The first-order valence-electron chi connectivity index (χ1n) is 8.40. The predicted octanol–water partition coefficient (Wildman–Crippen LogP) is 1.09. The van der Waals surface area contributed by atoms with Crippen molar-refractivity contribution in [3.05, 3.63) is 0 Å². The lowest BCUT2D eigenvalue weighted by molar-refractivity contribution is -0.152. The van der Waals surface area contributed by atoms with Gasteiger partial charge in [0.05, 0.1) is 6.61 Å². The molecule has 2 aliphatic heterocycles. The van der Waals surface area contributed by atoms with Crippen molar-refractivity contribution in [1.82, 2.24) is 15.1 Å². The monoisotopic (exact) mass is 297 g/mol. The van der Waals surface area contributed by atoms with Crippen LogP contribution >= 0.6 is 0 Å². The first kappa shape index (κ1) is 16.7. The molecule has 2 saturated heterocycles. The summed E-state index contributed by atoms with van der Waals surface area (Å²) in [5.74, 6) is -0.132. The van der Waals surface area contributed by atoms with E-state index in [0.29, 0.717) is 18.7 Å². The Morgan fingerprint density at radius 2 is 2.14 bits per heavy atom. The largest absolute Gasteiger partial charge is 0.465 e. The zero-order valence-corrected chi connectivity index (χ0v) is 14.0. The number of likely N-dealkylation sites (N-methyl/N-ethyl adjacent to an activating group) is 1. The van der Waals surface area contributed by atoms with Gasteiger partial charge in [-0.15, -0.1) is 0 Å². The molecule has 3 unspecified atom stereocenters. The number of rotatable bonds is 6. The zero-order chi connectivity index (χ0) is 15.5. The maximum absolute atomic E-state index is 12.3. The van der Waals surface area contributed by atoms with Gasteiger partial charge in [-0.2, -0.15) is 0 Å². The van der Waals surface area contributed by atoms with Crippen molar-refractivity contribution < 1.29 is 9.53 Å². The van der Waals surface area contributed by atoms with E-state index in [0.717, 1.165) is 26.2 Å². The first-order chi connectivity index (χ1) is 10.00. The average Bonchev–Trinajstić information content (AvgIpc) is 2.86. The highest BCUT2D eigenvalue weighted by Gasteiger charge is 2.41. The number of ether oxygens (including phenoxy) is 1. The van der Waals surface area contributed by atoms with E-state index < -0.39 is 5.54 Å². The van der Waals surface area contributed by atoms with Crippen molar-refractivity contribution in [2.24, 2.45) is 0 Å². The lowest BCUT2D eigenvalue weighted by Crippen LogP contribution is -2.63. The Morgan fingerprint density at radius 1 is 1.38 bits per heavy atom. The van der Waals surface area contributed by atoms with Crippen LogP contribution in [0.1, 0.15) is 40.5 Å². The van der Waals surface area contributed by atoms with E-state index in [9.17, 15) is 4.79 Å². The standard InChI is InChI=1S/C16H31N3O2/c1-5-17-16(4,15(20)21-6-2)12-19-11-14-8-7-9-18(14)10-13(19)3/h13-14,17H,5-12H2,1-4H3. The summed E-state index contributed by atoms with van der Waals surface area (Å²) in [5.41, 5.74) is -0.611. The van der Waals surface area contributed by atoms with Crippen LogP contribution in [0.4, 0.5) is 0 Å². The average molecular weight is 297 g/mol. The van der Waals surface area contributed by atoms with E-state index in [4.69, 9.17) is 4.74 Å². The van der Waals surface area contributed by atoms with Crippen molar-refractivity contribution >= 4 is 5.97 Å². The zero-order valence-electron chi connectivity index (χ0n) is 14.0. The molecule has 5 nitrogen and oxygen atoms in total. The van der Waals surface area contributed by atoms with Gasteiger partial charge in [-0.25, -0.2) is 0 Å². The number of nitrogens with one attached hydrogen (secondary N) is 1. The van der Waals surface area contributed by atoms with Crippen LogP contribution in [0.2, 0.25) is 0 Å². The van der Waals surface area contributed by atoms with Crippen LogP contribution in [-0.2, 0) is 9.53 Å². The SMILES string of the molecule is CCNC(C)(CN1CC2CCCN2CC1C)C(=O)OCC. The van der Waals surface area contributed by atoms with E-state index in [1.54, 1.807) is 0 Å². The number of piperazine rings is 1. The molecule has 21 heavy (non-hydrogen) atoms. The summed E-state index contributed by atoms with van der Waals surface area (Å²) in [5, 5.41) is 3.34. The summed E-state index contributed by atoms with van der Waals surface area (Å²) in [6, 6.07) is 1.17. The van der Waals surface area contributed by atoms with Crippen LogP contribution in [0.3, 0.4) is 0 Å². The van der Waals surface area contributed by atoms with Gasteiger partial charge in [-0.1, -0.05) is 6.92 Å². The summed E-state index contributed by atoms with van der Waals surface area (Å²) in [6.07, 6.45) is 2.61. The van der Waals surface area contributed by atoms with Gasteiger partial charge >= 0.3 is 5.97 Å². The molecular formula is C16H31N3O2. The third-order valence-corrected chi connectivity index (χ3v) is 4.88. The van der Waals surface area contributed by atoms with Crippen LogP contribution < -0.4 is 5.32 Å². The van der Waals surface area contributed by atoms with Gasteiger partial charge in [0.25, 0.3) is 0 Å². The Balaban J connectivity index is 2.03. The van der Waals surface area contributed by atoms with Crippen LogP contribution in [-0.4, -0.2) is 72.7 Å². The Kier molecular flexibility index (Phi) is 5.63. The molecule has 0 saturated carbocycles. The molecule has 0 radical (unpaired) electrons. The fraction of sp³-hybridized carbons (Fsp3) is 0.938. The van der Waals surface area contributed by atoms with Gasteiger partial charge in [0.15, 0.2) is 0 Å². The number of carbonyl (C=O) groups is 1. The highest BCUT2D eigenvalue weighted by atomic mass is 16.5. The number of esters is 1. The van der Waals surface area contributed by atoms with Crippen molar-refractivity contribution in [3.8, 4) is 0 Å². The summed E-state index contributed by atoms with van der Waals surface area (Å²) in [7, 11) is 0. The summed E-state index contributed by atoms with van der Waals surface area (Å²) >= 11 is 0. The molecule has 122 valence electrons. The molecule has 0 amide bonds. The molecule has 0 spiro atoms. The Labute approximate surface area is 129 Å². The number of nitrogens with zero attached hydrogens (tertiary/aromatic N) is 2. The molecule has 2 heterocycles. The van der Waals surface area contributed by atoms with E-state index >= 15 is 0 Å². The molecule has 2 aliphatic rings. The molecule has 2 fully saturated rings. The third kappa shape index (κ3) is 3.76. The Hall–Kier alpha value is -0.650. The third-order valence-electron chi connectivity index (χ3n) is 4.88. The maximum Gasteiger partial charge on any atom is 0.327 e. The molecule has 0 aliphatic carbocycles. The van der Waals surface area contributed by atoms with Gasteiger partial charge in [0.2, 0.25) is 0 Å². The molecular weight excluding hydrogens is 266 g/mol. The van der Waals surface area contributed by atoms with Crippen LogP contribution in [0.25, 0.3) is 0 Å². The van der Waals surface area contributed by atoms with Gasteiger partial charge in [-0.05, 0) is 46.7 Å². The second-order valence-electron chi connectivity index (χ2n) is 6.65. The second-order valence-corrected chi connectivity index (χ2v) is 6.65. The minimum atomic E-state index is -0.611. The highest BCUT2D eigenvalue weighted by molar-refractivity contribution is 5.80. The molecule has 0 aromatic rings. The summed E-state index contributed by atoms with van der Waals surface area (Å²) in [6.45, 7) is 13.5. The Bertz CT molecular complexity index is 363. The number of hydrogen-bond acceptors (Lipinski definition) is 5. The second kappa shape index (κ2) is 7.07. The highest BCUT2D eigenvalue weighted by Crippen LogP contribution is 2.26. The molecule has 1 N–H and O–H groups in total. The fourth-order valence-electron chi connectivity index (χ4n) is 3.75. The molecule has 3 atom stereocenters. The van der Waals surface area contributed by atoms with Crippen LogP contribution in [0.5, 0.6) is 0 Å². The molecule has 5 heteroatoms. The van der Waals surface area contributed by atoms with E-state index in [1.165, 1.54) is 19.4 Å². The van der Waals surface area contributed by atoms with Crippen molar-refractivity contribution in [2.45, 2.75) is 58.2 Å². The lowest BCUT2D eigenvalue weighted by Gasteiger charge is -2.45. The fourth-order valence-corrected chi connectivity index (χ4v) is 3.75. The van der Waals surface area contributed by atoms with E-state index in [2.05, 4.69) is 22.0 Å². The predicted molar refractivity (Wildman–Crippen MR) is 84.3 cm³/mol. The number of fused-ring (bicyclic) bond motifs is 1. The molecule has 2 rings (SSSR count). The molecule has 0 aromatic heterocycles. The van der Waals surface area contributed by atoms with Crippen molar-refractivity contribution in [1.29, 1.82) is 0 Å². The summed E-state index contributed by atoms with van der Waals surface area (Å²) in [4.78, 5) is 17.4. The van der Waals surface area contributed by atoms with Gasteiger partial charge in [-0.3, -0.25) is 14.6 Å². The normalized spacial score (nSPS) is 29.9. The Morgan fingerprint density at radius 3 is 2.81 bits per heavy atom. The topological polar surface area (TPSA) is 44.8 Å². The van der Waals surface area contributed by atoms with Crippen LogP contribution in [0, 0.1) is 0 Å². The lowest BCUT2D eigenvalue weighted by atomic mass is 9.98. The summed E-state index contributed by atoms with van der Waals surface area (Å²) < 4.78 is 5.28. The van der Waals surface area contributed by atoms with Crippen LogP contribution in [0.15, 0.2) is 0 Å². The van der Waals surface area contributed by atoms with E-state index in [1.807, 2.05) is 20.8 Å². The quantitative estimate of drug-likeness (QED) is 0.744. The van der Waals surface area contributed by atoms with Gasteiger partial charge in [0, 0.05) is 31.7 Å². The minimum Gasteiger partial charge on any atom is -0.465 e. The maximum atomic E-state index is 12.3. The van der Waals surface area contributed by atoms with Crippen molar-refractivity contribution in [2.75, 3.05) is 39.3 Å². The number of carbonyl (C=O) groups excluding carboxylic acids is 1. The van der Waals surface area contributed by atoms with Gasteiger partial charge in [0.1, 0.15) is 5.54 Å². The van der Waals surface area contributed by atoms with Crippen molar-refractivity contribution in [3.63, 3.8) is 0 Å². The minimum absolute atomic E-state index is 0.132. The smallest absolute Gasteiger partial charge is 0.327 e. The molecule has 0 aromatic carbocycles. The van der Waals surface area contributed by atoms with E-state index in [-0.39, 0.29) is 5.97 Å². The van der Waals surface area contributed by atoms with Gasteiger partial charge < -0.3 is 10.1 Å². The molecule has 0 bridgehead atoms.